The van der Waals surface area contributed by atoms with E-state index in [0.717, 1.165) is 22.4 Å². The van der Waals surface area contributed by atoms with Gasteiger partial charge in [-0.25, -0.2) is 0 Å². The lowest BCUT2D eigenvalue weighted by Gasteiger charge is -2.44. The molecule has 1 saturated heterocycles. The molecular weight excluding hydrogens is 302 g/mol. The first kappa shape index (κ1) is 15.2. The van der Waals surface area contributed by atoms with Gasteiger partial charge in [-0.2, -0.15) is 0 Å². The number of likely N-dealkylation sites (tertiary alicyclic amines) is 1. The summed E-state index contributed by atoms with van der Waals surface area (Å²) in [7, 11) is 0. The van der Waals surface area contributed by atoms with Crippen molar-refractivity contribution >= 4 is 29.3 Å². The summed E-state index contributed by atoms with van der Waals surface area (Å²) in [4.78, 5) is 15.8. The van der Waals surface area contributed by atoms with E-state index in [-0.39, 0.29) is 5.91 Å². The van der Waals surface area contributed by atoms with Crippen LogP contribution in [-0.4, -0.2) is 29.1 Å². The zero-order chi connectivity index (χ0) is 14.7. The van der Waals surface area contributed by atoms with E-state index in [4.69, 9.17) is 11.6 Å². The van der Waals surface area contributed by atoms with Gasteiger partial charge in [-0.15, -0.1) is 11.8 Å². The Morgan fingerprint density at radius 2 is 1.95 bits per heavy atom. The molecule has 1 heterocycles. The highest BCUT2D eigenvalue weighted by molar-refractivity contribution is 8.00. The molecule has 4 heteroatoms. The van der Waals surface area contributed by atoms with Gasteiger partial charge in [0.15, 0.2) is 0 Å². The van der Waals surface area contributed by atoms with E-state index < -0.39 is 0 Å². The van der Waals surface area contributed by atoms with Crippen molar-refractivity contribution in [1.82, 2.24) is 4.90 Å². The molecule has 2 nitrogen and oxygen atoms in total. The van der Waals surface area contributed by atoms with Gasteiger partial charge in [0.05, 0.1) is 10.8 Å². The van der Waals surface area contributed by atoms with Gasteiger partial charge in [0.1, 0.15) is 0 Å². The third-order valence-electron chi connectivity index (χ3n) is 4.75. The molecule has 114 valence electrons. The summed E-state index contributed by atoms with van der Waals surface area (Å²) in [6.07, 6.45) is 7.62. The van der Waals surface area contributed by atoms with Crippen molar-refractivity contribution in [2.45, 2.75) is 49.5 Å². The Morgan fingerprint density at radius 3 is 2.81 bits per heavy atom. The molecule has 0 aromatic heterocycles. The number of hydrogen-bond acceptors (Lipinski definition) is 2. The molecule has 2 atom stereocenters. The Morgan fingerprint density at radius 1 is 1.19 bits per heavy atom. The summed E-state index contributed by atoms with van der Waals surface area (Å²) >= 11 is 7.72. The van der Waals surface area contributed by atoms with Crippen molar-refractivity contribution in [2.75, 3.05) is 12.3 Å². The van der Waals surface area contributed by atoms with Crippen LogP contribution in [0.5, 0.6) is 0 Å². The van der Waals surface area contributed by atoms with Crippen molar-refractivity contribution in [2.24, 2.45) is 5.92 Å². The second-order valence-electron chi connectivity index (χ2n) is 6.06. The van der Waals surface area contributed by atoms with Gasteiger partial charge in [0.2, 0.25) is 5.91 Å². The van der Waals surface area contributed by atoms with E-state index >= 15 is 0 Å². The number of piperidine rings is 1. The average molecular weight is 324 g/mol. The molecule has 21 heavy (non-hydrogen) atoms. The van der Waals surface area contributed by atoms with Crippen molar-refractivity contribution in [3.05, 3.63) is 29.3 Å². The van der Waals surface area contributed by atoms with E-state index in [2.05, 4.69) is 4.90 Å². The first-order valence-corrected chi connectivity index (χ1v) is 9.29. The van der Waals surface area contributed by atoms with Crippen LogP contribution in [-0.2, 0) is 4.79 Å². The number of thioether (sulfide) groups is 1. The van der Waals surface area contributed by atoms with Crippen LogP contribution in [0.2, 0.25) is 5.02 Å². The van der Waals surface area contributed by atoms with Crippen molar-refractivity contribution in [1.29, 1.82) is 0 Å². The highest BCUT2D eigenvalue weighted by Crippen LogP contribution is 2.36. The molecule has 1 amide bonds. The summed E-state index contributed by atoms with van der Waals surface area (Å²) in [6.45, 7) is 0.948. The number of hydrogen-bond donors (Lipinski definition) is 0. The van der Waals surface area contributed by atoms with Gasteiger partial charge in [-0.1, -0.05) is 36.6 Å². The Kier molecular flexibility index (Phi) is 5.12. The van der Waals surface area contributed by atoms with E-state index in [1.54, 1.807) is 11.8 Å². The Balaban J connectivity index is 1.60. The van der Waals surface area contributed by atoms with Gasteiger partial charge >= 0.3 is 0 Å². The molecule has 0 bridgehead atoms. The number of benzene rings is 1. The molecule has 3 rings (SSSR count). The Hall–Kier alpha value is -0.670. The van der Waals surface area contributed by atoms with Crippen LogP contribution < -0.4 is 0 Å². The average Bonchev–Trinajstić information content (AvgIpc) is 2.53. The van der Waals surface area contributed by atoms with Crippen molar-refractivity contribution < 1.29 is 4.79 Å². The minimum absolute atomic E-state index is 0.288. The number of fused-ring (bicyclic) bond motifs is 1. The number of carbonyl (C=O) groups excluding carboxylic acids is 1. The lowest BCUT2D eigenvalue weighted by molar-refractivity contribution is -0.134. The summed E-state index contributed by atoms with van der Waals surface area (Å²) in [5.41, 5.74) is 0. The summed E-state index contributed by atoms with van der Waals surface area (Å²) in [6, 6.07) is 8.26. The predicted molar refractivity (Wildman–Crippen MR) is 88.9 cm³/mol. The van der Waals surface area contributed by atoms with E-state index in [1.807, 2.05) is 24.3 Å². The highest BCUT2D eigenvalue weighted by Gasteiger charge is 2.35. The molecule has 2 unspecified atom stereocenters. The standard InChI is InChI=1S/C17H22ClNOS/c18-14-8-2-4-10-16(14)21-12-17(20)19-11-5-7-13-6-1-3-9-15(13)19/h2,4,8,10,13,15H,1,3,5-7,9,11-12H2. The van der Waals surface area contributed by atoms with Crippen LogP contribution >= 0.6 is 23.4 Å². The van der Waals surface area contributed by atoms with Crippen LogP contribution in [0.1, 0.15) is 38.5 Å². The molecule has 1 aliphatic heterocycles. The second-order valence-corrected chi connectivity index (χ2v) is 7.48. The van der Waals surface area contributed by atoms with Crippen LogP contribution in [0.4, 0.5) is 0 Å². The highest BCUT2D eigenvalue weighted by atomic mass is 35.5. The monoisotopic (exact) mass is 323 g/mol. The van der Waals surface area contributed by atoms with Gasteiger partial charge < -0.3 is 4.90 Å². The zero-order valence-electron chi connectivity index (χ0n) is 12.3. The molecule has 1 aromatic carbocycles. The van der Waals surface area contributed by atoms with Gasteiger partial charge in [0.25, 0.3) is 0 Å². The number of rotatable bonds is 3. The number of nitrogens with zero attached hydrogens (tertiary/aromatic N) is 1. The molecule has 0 radical (unpaired) electrons. The number of halogens is 1. The minimum Gasteiger partial charge on any atom is -0.339 e. The molecule has 2 fully saturated rings. The van der Waals surface area contributed by atoms with E-state index in [9.17, 15) is 4.79 Å². The first-order valence-electron chi connectivity index (χ1n) is 7.92. The summed E-state index contributed by atoms with van der Waals surface area (Å²) in [5, 5.41) is 0.740. The quantitative estimate of drug-likeness (QED) is 0.757. The smallest absolute Gasteiger partial charge is 0.233 e. The normalized spacial score (nSPS) is 25.5. The largest absolute Gasteiger partial charge is 0.339 e. The Labute approximate surface area is 136 Å². The molecule has 0 spiro atoms. The van der Waals surface area contributed by atoms with E-state index in [1.165, 1.54) is 38.5 Å². The number of amides is 1. The summed E-state index contributed by atoms with van der Waals surface area (Å²) < 4.78 is 0. The maximum absolute atomic E-state index is 12.6. The predicted octanol–water partition coefficient (Wildman–Crippen LogP) is 4.61. The third kappa shape index (κ3) is 3.57. The molecule has 1 aromatic rings. The van der Waals surface area contributed by atoms with Crippen LogP contribution in [0.3, 0.4) is 0 Å². The maximum Gasteiger partial charge on any atom is 0.233 e. The lowest BCUT2D eigenvalue weighted by atomic mass is 9.78. The molecule has 0 N–H and O–H groups in total. The van der Waals surface area contributed by atoms with Crippen molar-refractivity contribution in [3.63, 3.8) is 0 Å². The van der Waals surface area contributed by atoms with Crippen LogP contribution in [0.25, 0.3) is 0 Å². The minimum atomic E-state index is 0.288. The summed E-state index contributed by atoms with van der Waals surface area (Å²) in [5.74, 6) is 1.55. The van der Waals surface area contributed by atoms with Gasteiger partial charge in [-0.3, -0.25) is 4.79 Å². The first-order chi connectivity index (χ1) is 10.3. The lowest BCUT2D eigenvalue weighted by Crippen LogP contribution is -2.50. The topological polar surface area (TPSA) is 20.3 Å². The molecule has 2 aliphatic rings. The maximum atomic E-state index is 12.6. The second kappa shape index (κ2) is 7.06. The van der Waals surface area contributed by atoms with Gasteiger partial charge in [-0.05, 0) is 43.7 Å². The fourth-order valence-corrected chi connectivity index (χ4v) is 4.84. The van der Waals surface area contributed by atoms with Crippen molar-refractivity contribution in [3.8, 4) is 0 Å². The fourth-order valence-electron chi connectivity index (χ4n) is 3.72. The Bertz CT molecular complexity index is 505. The van der Waals surface area contributed by atoms with Gasteiger partial charge in [0, 0.05) is 17.5 Å². The van der Waals surface area contributed by atoms with E-state index in [0.29, 0.717) is 11.8 Å². The molecule has 1 saturated carbocycles. The fraction of sp³-hybridized carbons (Fsp3) is 0.588. The number of carbonyl (C=O) groups is 1. The van der Waals surface area contributed by atoms with Crippen LogP contribution in [0, 0.1) is 5.92 Å². The molecular formula is C17H22ClNOS. The molecule has 1 aliphatic carbocycles. The van der Waals surface area contributed by atoms with Crippen LogP contribution in [0.15, 0.2) is 29.2 Å². The zero-order valence-corrected chi connectivity index (χ0v) is 13.8. The SMILES string of the molecule is O=C(CSc1ccccc1Cl)N1CCCC2CCCCC21. The third-order valence-corrected chi connectivity index (χ3v) is 6.25.